The van der Waals surface area contributed by atoms with Gasteiger partial charge in [-0.15, -0.1) is 0 Å². The van der Waals surface area contributed by atoms with Gasteiger partial charge in [-0.1, -0.05) is 146 Å². The molecule has 0 aliphatic carbocycles. The Morgan fingerprint density at radius 3 is 1.58 bits per heavy atom. The number of pyridine rings is 2. The number of fused-ring (bicyclic) bond motifs is 8. The fraction of sp³-hybridized carbons (Fsp3) is 0. The van der Waals surface area contributed by atoms with E-state index in [1.165, 1.54) is 59.8 Å². The molecule has 10 aromatic rings. The van der Waals surface area contributed by atoms with E-state index in [-0.39, 0.29) is 0 Å². The summed E-state index contributed by atoms with van der Waals surface area (Å²) in [7, 11) is 0. The lowest BCUT2D eigenvalue weighted by Gasteiger charge is -2.20. The topological polar surface area (TPSA) is 25.8 Å². The van der Waals surface area contributed by atoms with E-state index in [9.17, 15) is 0 Å². The van der Waals surface area contributed by atoms with Crippen LogP contribution in [-0.2, 0) is 0 Å². The number of hydrogen-bond donors (Lipinski definition) is 0. The first kappa shape index (κ1) is 26.8. The molecule has 0 radical (unpaired) electrons. The van der Waals surface area contributed by atoms with E-state index in [0.717, 1.165) is 38.8 Å². The second-order valence-electron chi connectivity index (χ2n) is 12.5. The molecule has 0 N–H and O–H groups in total. The third kappa shape index (κ3) is 4.00. The van der Waals surface area contributed by atoms with Gasteiger partial charge in [-0.25, -0.2) is 9.97 Å². The van der Waals surface area contributed by atoms with Gasteiger partial charge in [0.05, 0.1) is 22.4 Å². The fourth-order valence-electron chi connectivity index (χ4n) is 7.74. The van der Waals surface area contributed by atoms with Gasteiger partial charge >= 0.3 is 0 Å². The first-order chi connectivity index (χ1) is 23.8. The van der Waals surface area contributed by atoms with Gasteiger partial charge in [0.2, 0.25) is 0 Å². The van der Waals surface area contributed by atoms with Crippen LogP contribution in [-0.4, -0.2) is 9.97 Å². The van der Waals surface area contributed by atoms with Crippen molar-refractivity contribution in [3.8, 4) is 33.6 Å². The molecule has 48 heavy (non-hydrogen) atoms. The minimum absolute atomic E-state index is 0.984. The van der Waals surface area contributed by atoms with Gasteiger partial charge in [0, 0.05) is 32.7 Å². The standard InChI is InChI=1S/C46H28N2/c1-2-15-30(16-3-1)46-39-28-38(31-17-5-6-18-32(31)44(39)37-23-11-13-25-41(37)48-46)43-33-19-7-9-21-35(33)45(36-22-10-8-20-34(36)43)42-27-26-29-14-4-12-24-40(29)47-42/h1-28H. The average molecular weight is 609 g/mol. The molecule has 0 bridgehead atoms. The molecule has 10 rings (SSSR count). The first-order valence-corrected chi connectivity index (χ1v) is 16.4. The molecule has 2 heterocycles. The van der Waals surface area contributed by atoms with E-state index in [1.807, 2.05) is 0 Å². The van der Waals surface area contributed by atoms with Gasteiger partial charge in [0.1, 0.15) is 0 Å². The second-order valence-corrected chi connectivity index (χ2v) is 12.5. The van der Waals surface area contributed by atoms with E-state index < -0.39 is 0 Å². The summed E-state index contributed by atoms with van der Waals surface area (Å²) in [6.07, 6.45) is 0. The summed E-state index contributed by atoms with van der Waals surface area (Å²) < 4.78 is 0. The predicted molar refractivity (Wildman–Crippen MR) is 203 cm³/mol. The molecular weight excluding hydrogens is 581 g/mol. The Labute approximate surface area is 277 Å². The monoisotopic (exact) mass is 608 g/mol. The van der Waals surface area contributed by atoms with Crippen molar-refractivity contribution < 1.29 is 0 Å². The lowest BCUT2D eigenvalue weighted by molar-refractivity contribution is 1.42. The Morgan fingerprint density at radius 2 is 0.875 bits per heavy atom. The van der Waals surface area contributed by atoms with Crippen molar-refractivity contribution in [1.29, 1.82) is 0 Å². The molecule has 8 aromatic carbocycles. The van der Waals surface area contributed by atoms with Gasteiger partial charge in [-0.05, 0) is 67.7 Å². The van der Waals surface area contributed by atoms with Crippen molar-refractivity contribution in [1.82, 2.24) is 9.97 Å². The normalized spacial score (nSPS) is 11.8. The number of nitrogens with zero attached hydrogens (tertiary/aromatic N) is 2. The molecule has 2 heteroatoms. The molecule has 0 atom stereocenters. The molecule has 0 unspecified atom stereocenters. The van der Waals surface area contributed by atoms with Gasteiger partial charge in [0.15, 0.2) is 0 Å². The van der Waals surface area contributed by atoms with E-state index >= 15 is 0 Å². The molecule has 0 spiro atoms. The van der Waals surface area contributed by atoms with Crippen molar-refractivity contribution in [2.45, 2.75) is 0 Å². The van der Waals surface area contributed by atoms with Gasteiger partial charge in [-0.3, -0.25) is 0 Å². The van der Waals surface area contributed by atoms with Crippen LogP contribution in [0.15, 0.2) is 170 Å². The van der Waals surface area contributed by atoms with E-state index in [4.69, 9.17) is 9.97 Å². The number of aromatic nitrogens is 2. The van der Waals surface area contributed by atoms with Crippen molar-refractivity contribution in [3.63, 3.8) is 0 Å². The molecule has 222 valence electrons. The Morgan fingerprint density at radius 1 is 0.333 bits per heavy atom. The SMILES string of the molecule is c1ccc(-c2nc3ccccc3c3c2cc(-c2c4ccccc4c(-c4ccc5ccccc5n4)c4ccccc24)c2ccccc23)cc1. The maximum atomic E-state index is 5.31. The summed E-state index contributed by atoms with van der Waals surface area (Å²) in [5.41, 5.74) is 8.71. The zero-order chi connectivity index (χ0) is 31.6. The summed E-state index contributed by atoms with van der Waals surface area (Å²) in [6.45, 7) is 0. The van der Waals surface area contributed by atoms with Crippen LogP contribution >= 0.6 is 0 Å². The molecule has 0 aliphatic rings. The van der Waals surface area contributed by atoms with Gasteiger partial charge in [0.25, 0.3) is 0 Å². The quantitative estimate of drug-likeness (QED) is 0.147. The van der Waals surface area contributed by atoms with Crippen LogP contribution in [0, 0.1) is 0 Å². The number of para-hydroxylation sites is 2. The highest BCUT2D eigenvalue weighted by atomic mass is 14.7. The van der Waals surface area contributed by atoms with Crippen LogP contribution in [0.4, 0.5) is 0 Å². The summed E-state index contributed by atoms with van der Waals surface area (Å²) >= 11 is 0. The van der Waals surface area contributed by atoms with Crippen molar-refractivity contribution >= 4 is 64.9 Å². The van der Waals surface area contributed by atoms with Crippen LogP contribution in [0.1, 0.15) is 0 Å². The third-order valence-electron chi connectivity index (χ3n) is 9.81. The van der Waals surface area contributed by atoms with E-state index in [1.54, 1.807) is 0 Å². The maximum absolute atomic E-state index is 5.31. The minimum atomic E-state index is 0.984. The molecule has 2 aromatic heterocycles. The third-order valence-corrected chi connectivity index (χ3v) is 9.81. The van der Waals surface area contributed by atoms with Crippen LogP contribution < -0.4 is 0 Å². The molecule has 2 nitrogen and oxygen atoms in total. The van der Waals surface area contributed by atoms with Crippen LogP contribution in [0.3, 0.4) is 0 Å². The largest absolute Gasteiger partial charge is 0.248 e. The average Bonchev–Trinajstić information content (AvgIpc) is 3.16. The predicted octanol–water partition coefficient (Wildman–Crippen LogP) is 12.4. The Balaban J connectivity index is 1.39. The van der Waals surface area contributed by atoms with E-state index in [0.29, 0.717) is 0 Å². The summed E-state index contributed by atoms with van der Waals surface area (Å²) in [6, 6.07) is 60.8. The highest BCUT2D eigenvalue weighted by molar-refractivity contribution is 6.29. The number of hydrogen-bond acceptors (Lipinski definition) is 2. The zero-order valence-corrected chi connectivity index (χ0v) is 26.1. The van der Waals surface area contributed by atoms with Gasteiger partial charge in [-0.2, -0.15) is 0 Å². The zero-order valence-electron chi connectivity index (χ0n) is 26.1. The molecule has 0 saturated heterocycles. The fourth-order valence-corrected chi connectivity index (χ4v) is 7.74. The van der Waals surface area contributed by atoms with Crippen LogP contribution in [0.5, 0.6) is 0 Å². The lowest BCUT2D eigenvalue weighted by atomic mass is 9.84. The molecule has 0 amide bonds. The van der Waals surface area contributed by atoms with Crippen molar-refractivity contribution in [2.24, 2.45) is 0 Å². The van der Waals surface area contributed by atoms with Crippen molar-refractivity contribution in [3.05, 3.63) is 170 Å². The van der Waals surface area contributed by atoms with Crippen molar-refractivity contribution in [2.75, 3.05) is 0 Å². The highest BCUT2D eigenvalue weighted by Crippen LogP contribution is 2.48. The van der Waals surface area contributed by atoms with Crippen LogP contribution in [0.25, 0.3) is 98.5 Å². The smallest absolute Gasteiger partial charge is 0.0788 e. The van der Waals surface area contributed by atoms with E-state index in [2.05, 4.69) is 170 Å². The second kappa shape index (κ2) is 10.6. The number of rotatable bonds is 3. The number of benzene rings is 8. The minimum Gasteiger partial charge on any atom is -0.248 e. The molecule has 0 saturated carbocycles. The Hall–Kier alpha value is -6.38. The molecule has 0 fully saturated rings. The maximum Gasteiger partial charge on any atom is 0.0788 e. The molecule has 0 aliphatic heterocycles. The van der Waals surface area contributed by atoms with Gasteiger partial charge < -0.3 is 0 Å². The summed E-state index contributed by atoms with van der Waals surface area (Å²) in [4.78, 5) is 10.5. The highest BCUT2D eigenvalue weighted by Gasteiger charge is 2.21. The van der Waals surface area contributed by atoms with Crippen LogP contribution in [0.2, 0.25) is 0 Å². The lowest BCUT2D eigenvalue weighted by Crippen LogP contribution is -1.95. The Kier molecular flexibility index (Phi) is 5.91. The summed E-state index contributed by atoms with van der Waals surface area (Å²) in [5.74, 6) is 0. The first-order valence-electron chi connectivity index (χ1n) is 16.4. The molecular formula is C46H28N2. The Bertz CT molecular complexity index is 2830. The summed E-state index contributed by atoms with van der Waals surface area (Å²) in [5, 5.41) is 12.0.